The zero-order valence-corrected chi connectivity index (χ0v) is 21.6. The smallest absolute Gasteiger partial charge is 0.272 e. The number of aryl methyl sites for hydroxylation is 4. The molecule has 1 amide bonds. The lowest BCUT2D eigenvalue weighted by atomic mass is 9.98. The molecule has 1 unspecified atom stereocenters. The van der Waals surface area contributed by atoms with Crippen molar-refractivity contribution in [1.29, 1.82) is 0 Å². The number of hydrogen-bond acceptors (Lipinski definition) is 5. The summed E-state index contributed by atoms with van der Waals surface area (Å²) >= 11 is 1.71. The van der Waals surface area contributed by atoms with E-state index in [1.165, 1.54) is 45.1 Å². The Kier molecular flexibility index (Phi) is 6.10. The molecule has 3 aliphatic rings. The predicted molar refractivity (Wildman–Crippen MR) is 138 cm³/mol. The molecule has 0 saturated heterocycles. The second-order valence-corrected chi connectivity index (χ2v) is 11.4. The predicted octanol–water partition coefficient (Wildman–Crippen LogP) is 2.31. The van der Waals surface area contributed by atoms with Crippen LogP contribution in [0, 0.1) is 6.92 Å². The van der Waals surface area contributed by atoms with Gasteiger partial charge in [-0.3, -0.25) is 9.48 Å². The first-order valence-corrected chi connectivity index (χ1v) is 13.9. The quantitative estimate of drug-likeness (QED) is 0.532. The second-order valence-electron chi connectivity index (χ2n) is 10.4. The highest BCUT2D eigenvalue weighted by atomic mass is 32.1. The Morgan fingerprint density at radius 3 is 2.97 bits per heavy atom. The van der Waals surface area contributed by atoms with Crippen molar-refractivity contribution in [3.63, 3.8) is 0 Å². The molecule has 3 aromatic rings. The van der Waals surface area contributed by atoms with Gasteiger partial charge in [0.05, 0.1) is 29.0 Å². The molecule has 1 aliphatic carbocycles. The number of anilines is 1. The molecule has 1 atom stereocenters. The molecule has 0 spiro atoms. The summed E-state index contributed by atoms with van der Waals surface area (Å²) in [4.78, 5) is 22.7. The highest BCUT2D eigenvalue weighted by Crippen LogP contribution is 2.27. The normalized spacial score (nSPS) is 19.4. The molecule has 184 valence electrons. The Hall–Kier alpha value is -2.71. The number of rotatable bonds is 7. The van der Waals surface area contributed by atoms with Crippen LogP contribution in [0.15, 0.2) is 23.7 Å². The van der Waals surface area contributed by atoms with Gasteiger partial charge in [0.2, 0.25) is 0 Å². The van der Waals surface area contributed by atoms with Crippen LogP contribution in [0.2, 0.25) is 0 Å². The molecule has 35 heavy (non-hydrogen) atoms. The third kappa shape index (κ3) is 4.74. The summed E-state index contributed by atoms with van der Waals surface area (Å²) in [6.45, 7) is 6.93. The minimum Gasteiger partial charge on any atom is -0.374 e. The largest absolute Gasteiger partial charge is 0.374 e. The zero-order valence-electron chi connectivity index (χ0n) is 20.8. The Morgan fingerprint density at radius 2 is 2.17 bits per heavy atom. The van der Waals surface area contributed by atoms with Gasteiger partial charge in [-0.25, -0.2) is 4.98 Å². The van der Waals surface area contributed by atoms with E-state index in [1.807, 2.05) is 5.51 Å². The first kappa shape index (κ1) is 22.7. The number of carbonyl (C=O) groups is 1. The summed E-state index contributed by atoms with van der Waals surface area (Å²) in [5.74, 6) is 0.00883. The highest BCUT2D eigenvalue weighted by molar-refractivity contribution is 7.09. The fourth-order valence-electron chi connectivity index (χ4n) is 5.64. The number of hydrogen-bond donors (Lipinski definition) is 2. The molecule has 0 radical (unpaired) electrons. The second kappa shape index (κ2) is 9.39. The van der Waals surface area contributed by atoms with Crippen LogP contribution >= 0.6 is 11.3 Å². The van der Waals surface area contributed by atoms with E-state index in [1.54, 1.807) is 11.3 Å². The number of amides is 1. The van der Waals surface area contributed by atoms with Gasteiger partial charge in [-0.2, -0.15) is 5.10 Å². The number of fused-ring (bicyclic) bond motifs is 2. The van der Waals surface area contributed by atoms with E-state index in [9.17, 15) is 4.79 Å². The van der Waals surface area contributed by atoms with Crippen molar-refractivity contribution in [2.45, 2.75) is 71.1 Å². The van der Waals surface area contributed by atoms with Crippen molar-refractivity contribution in [3.05, 3.63) is 62.4 Å². The van der Waals surface area contributed by atoms with E-state index in [0.717, 1.165) is 69.7 Å². The standard InChI is InChI=1S/C27H34N6OS/c1-18-25(35-17-28-18)10-13-33-24-9-12-32(16-22(24)26(30-33)27(34)29-21-6-7-21)15-19-5-8-23-20(14-19)4-3-11-31(23)2/h5,8,14,17,21H,3-4,6-7,9-13,15-16H2,1-2H3,(H,29,34)/p+1. The molecule has 4 heterocycles. The van der Waals surface area contributed by atoms with E-state index < -0.39 is 0 Å². The van der Waals surface area contributed by atoms with Gasteiger partial charge in [0.25, 0.3) is 5.91 Å². The van der Waals surface area contributed by atoms with Crippen LogP contribution < -0.4 is 15.1 Å². The fourth-order valence-corrected chi connectivity index (χ4v) is 6.41. The van der Waals surface area contributed by atoms with Crippen LogP contribution in [0.5, 0.6) is 0 Å². The summed E-state index contributed by atoms with van der Waals surface area (Å²) in [5.41, 5.74) is 10.3. The number of nitrogens with one attached hydrogen (secondary N) is 2. The molecule has 6 rings (SSSR count). The van der Waals surface area contributed by atoms with Gasteiger partial charge in [-0.05, 0) is 50.3 Å². The third-order valence-corrected chi connectivity index (χ3v) is 8.78. The molecule has 1 saturated carbocycles. The molecule has 2 aromatic heterocycles. The lowest BCUT2D eigenvalue weighted by molar-refractivity contribution is -0.929. The van der Waals surface area contributed by atoms with Gasteiger partial charge in [0.1, 0.15) is 13.1 Å². The summed E-state index contributed by atoms with van der Waals surface area (Å²) in [6, 6.07) is 7.34. The molecule has 2 N–H and O–H groups in total. The zero-order chi connectivity index (χ0) is 23.9. The van der Waals surface area contributed by atoms with E-state index >= 15 is 0 Å². The Bertz CT molecular complexity index is 1240. The van der Waals surface area contributed by atoms with Crippen LogP contribution in [-0.4, -0.2) is 46.9 Å². The number of quaternary nitrogens is 1. The molecule has 0 bridgehead atoms. The van der Waals surface area contributed by atoms with E-state index in [0.29, 0.717) is 11.7 Å². The topological polar surface area (TPSA) is 67.5 Å². The van der Waals surface area contributed by atoms with E-state index in [2.05, 4.69) is 52.1 Å². The summed E-state index contributed by atoms with van der Waals surface area (Å²) in [7, 11) is 2.19. The van der Waals surface area contributed by atoms with Crippen LogP contribution in [0.1, 0.15) is 62.7 Å². The number of nitrogens with zero attached hydrogens (tertiary/aromatic N) is 4. The van der Waals surface area contributed by atoms with Crippen molar-refractivity contribution in [2.75, 3.05) is 25.0 Å². The molecular weight excluding hydrogens is 456 g/mol. The van der Waals surface area contributed by atoms with Crippen LogP contribution in [0.25, 0.3) is 0 Å². The van der Waals surface area contributed by atoms with Crippen LogP contribution in [0.4, 0.5) is 5.69 Å². The monoisotopic (exact) mass is 491 g/mol. The summed E-state index contributed by atoms with van der Waals surface area (Å²) < 4.78 is 2.11. The highest BCUT2D eigenvalue weighted by Gasteiger charge is 2.33. The number of thiazole rings is 1. The van der Waals surface area contributed by atoms with Crippen molar-refractivity contribution in [3.8, 4) is 0 Å². The molecule has 7 nitrogen and oxygen atoms in total. The minimum atomic E-state index is 0.00883. The van der Waals surface area contributed by atoms with Gasteiger partial charge in [0, 0.05) is 55.1 Å². The molecule has 2 aliphatic heterocycles. The van der Waals surface area contributed by atoms with Gasteiger partial charge in [-0.15, -0.1) is 11.3 Å². The maximum atomic E-state index is 13.1. The van der Waals surface area contributed by atoms with Crippen molar-refractivity contribution in [2.24, 2.45) is 0 Å². The van der Waals surface area contributed by atoms with Gasteiger partial charge >= 0.3 is 0 Å². The minimum absolute atomic E-state index is 0.00883. The summed E-state index contributed by atoms with van der Waals surface area (Å²) in [6.07, 6.45) is 6.45. The average Bonchev–Trinajstić information content (AvgIpc) is 3.45. The molecule has 1 fully saturated rings. The maximum Gasteiger partial charge on any atom is 0.272 e. The van der Waals surface area contributed by atoms with Gasteiger partial charge in [0.15, 0.2) is 5.69 Å². The lowest BCUT2D eigenvalue weighted by Gasteiger charge is -2.29. The van der Waals surface area contributed by atoms with Gasteiger partial charge in [-0.1, -0.05) is 6.07 Å². The SMILES string of the molecule is Cc1ncsc1CCn1nc(C(=O)NC2CC2)c2c1CC[NH+](Cc1ccc3c(c1)CCCN3C)C2. The first-order valence-electron chi connectivity index (χ1n) is 13.0. The summed E-state index contributed by atoms with van der Waals surface area (Å²) in [5, 5.41) is 8.06. The van der Waals surface area contributed by atoms with E-state index in [-0.39, 0.29) is 5.91 Å². The fraction of sp³-hybridized carbons (Fsp3) is 0.519. The molecule has 8 heteroatoms. The first-order chi connectivity index (χ1) is 17.0. The van der Waals surface area contributed by atoms with Crippen LogP contribution in [0.3, 0.4) is 0 Å². The van der Waals surface area contributed by atoms with Crippen LogP contribution in [-0.2, 0) is 38.9 Å². The van der Waals surface area contributed by atoms with Crippen molar-refractivity contribution < 1.29 is 9.69 Å². The maximum absolute atomic E-state index is 13.1. The van der Waals surface area contributed by atoms with Gasteiger partial charge < -0.3 is 15.1 Å². The Balaban J connectivity index is 1.22. The molecule has 1 aromatic carbocycles. The molecular formula is C27H35N6OS+. The Morgan fingerprint density at radius 1 is 1.29 bits per heavy atom. The van der Waals surface area contributed by atoms with Crippen molar-refractivity contribution >= 4 is 22.9 Å². The third-order valence-electron chi connectivity index (χ3n) is 7.78. The Labute approximate surface area is 211 Å². The number of carbonyl (C=O) groups excluding carboxylic acids is 1. The average molecular weight is 492 g/mol. The number of aromatic nitrogens is 3. The lowest BCUT2D eigenvalue weighted by Crippen LogP contribution is -3.10. The number of benzene rings is 1. The van der Waals surface area contributed by atoms with E-state index in [4.69, 9.17) is 5.10 Å². The van der Waals surface area contributed by atoms with Crippen molar-refractivity contribution in [1.82, 2.24) is 20.1 Å².